The van der Waals surface area contributed by atoms with Crippen molar-refractivity contribution in [1.82, 2.24) is 0 Å². The van der Waals surface area contributed by atoms with E-state index in [1.54, 1.807) is 0 Å². The first kappa shape index (κ1) is 10.7. The number of ether oxygens (including phenoxy) is 1. The summed E-state index contributed by atoms with van der Waals surface area (Å²) >= 11 is 0. The molecule has 0 aromatic rings. The Bertz CT molecular complexity index is 281. The van der Waals surface area contributed by atoms with Gasteiger partial charge in [-0.15, -0.1) is 0 Å². The minimum atomic E-state index is -0.431. The second kappa shape index (κ2) is 3.95. The molecule has 2 atom stereocenters. The van der Waals surface area contributed by atoms with Gasteiger partial charge >= 0.3 is 5.97 Å². The first-order valence-electron chi connectivity index (χ1n) is 5.84. The van der Waals surface area contributed by atoms with Gasteiger partial charge < -0.3 is 4.74 Å². The van der Waals surface area contributed by atoms with Gasteiger partial charge in [-0.3, -0.25) is 9.59 Å². The Labute approximate surface area is 90.2 Å². The van der Waals surface area contributed by atoms with Gasteiger partial charge in [-0.2, -0.15) is 0 Å². The Hall–Kier alpha value is -0.860. The molecule has 0 aliphatic heterocycles. The number of rotatable bonds is 1. The van der Waals surface area contributed by atoms with Gasteiger partial charge in [0.25, 0.3) is 0 Å². The van der Waals surface area contributed by atoms with Crippen molar-refractivity contribution in [3.05, 3.63) is 0 Å². The van der Waals surface area contributed by atoms with Crippen LogP contribution in [0.1, 0.15) is 51.9 Å². The molecule has 0 N–H and O–H groups in total. The van der Waals surface area contributed by atoms with E-state index in [1.807, 2.05) is 0 Å². The van der Waals surface area contributed by atoms with Crippen LogP contribution in [0.4, 0.5) is 0 Å². The van der Waals surface area contributed by atoms with Crippen LogP contribution in [-0.2, 0) is 14.3 Å². The predicted octanol–water partition coefficient (Wildman–Crippen LogP) is 2.23. The van der Waals surface area contributed by atoms with Crippen molar-refractivity contribution < 1.29 is 14.3 Å². The van der Waals surface area contributed by atoms with Crippen LogP contribution >= 0.6 is 0 Å². The number of esters is 1. The molecule has 15 heavy (non-hydrogen) atoms. The second-order valence-electron chi connectivity index (χ2n) is 4.86. The molecule has 0 aromatic carbocycles. The Morgan fingerprint density at radius 2 is 2.20 bits per heavy atom. The summed E-state index contributed by atoms with van der Waals surface area (Å²) in [4.78, 5) is 22.6. The minimum absolute atomic E-state index is 0.239. The normalized spacial score (nSPS) is 35.8. The highest BCUT2D eigenvalue weighted by Gasteiger charge is 2.47. The third-order valence-electron chi connectivity index (χ3n) is 3.76. The Morgan fingerprint density at radius 1 is 1.40 bits per heavy atom. The van der Waals surface area contributed by atoms with Crippen LogP contribution in [0.25, 0.3) is 0 Å². The van der Waals surface area contributed by atoms with E-state index in [1.165, 1.54) is 13.3 Å². The van der Waals surface area contributed by atoms with E-state index in [0.29, 0.717) is 18.8 Å². The van der Waals surface area contributed by atoms with Crippen molar-refractivity contribution in [1.29, 1.82) is 0 Å². The molecule has 0 spiro atoms. The predicted molar refractivity (Wildman–Crippen MR) is 55.3 cm³/mol. The van der Waals surface area contributed by atoms with E-state index in [2.05, 4.69) is 0 Å². The Balaban J connectivity index is 2.18. The van der Waals surface area contributed by atoms with E-state index >= 15 is 0 Å². The zero-order chi connectivity index (χ0) is 10.9. The van der Waals surface area contributed by atoms with E-state index in [-0.39, 0.29) is 11.8 Å². The number of hydrogen-bond donors (Lipinski definition) is 0. The fraction of sp³-hybridized carbons (Fsp3) is 0.833. The molecule has 84 valence electrons. The average Bonchev–Trinajstić information content (AvgIpc) is 2.15. The van der Waals surface area contributed by atoms with E-state index in [9.17, 15) is 9.59 Å². The number of carbonyl (C=O) groups is 2. The summed E-state index contributed by atoms with van der Waals surface area (Å²) in [6.45, 7) is 1.44. The monoisotopic (exact) mass is 210 g/mol. The van der Waals surface area contributed by atoms with Crippen molar-refractivity contribution >= 4 is 11.8 Å². The molecule has 2 aliphatic carbocycles. The van der Waals surface area contributed by atoms with Gasteiger partial charge in [-0.25, -0.2) is 0 Å². The summed E-state index contributed by atoms with van der Waals surface area (Å²) in [5.74, 6) is 0.443. The lowest BCUT2D eigenvalue weighted by Crippen LogP contribution is -2.49. The molecule has 0 radical (unpaired) electrons. The molecule has 2 rings (SSSR count). The molecule has 3 nitrogen and oxygen atoms in total. The average molecular weight is 210 g/mol. The topological polar surface area (TPSA) is 43.4 Å². The largest absolute Gasteiger partial charge is 0.458 e. The van der Waals surface area contributed by atoms with Gasteiger partial charge in [-0.1, -0.05) is 6.42 Å². The lowest BCUT2D eigenvalue weighted by Gasteiger charge is -2.45. The van der Waals surface area contributed by atoms with Crippen LogP contribution < -0.4 is 0 Å². The van der Waals surface area contributed by atoms with Gasteiger partial charge in [0.05, 0.1) is 0 Å². The molecule has 0 bridgehead atoms. The maximum Gasteiger partial charge on any atom is 0.303 e. The lowest BCUT2D eigenvalue weighted by atomic mass is 9.67. The zero-order valence-electron chi connectivity index (χ0n) is 9.25. The molecule has 2 saturated carbocycles. The Morgan fingerprint density at radius 3 is 2.93 bits per heavy atom. The van der Waals surface area contributed by atoms with Crippen molar-refractivity contribution in [2.24, 2.45) is 5.92 Å². The summed E-state index contributed by atoms with van der Waals surface area (Å²) < 4.78 is 5.49. The maximum atomic E-state index is 11.5. The Kier molecular flexibility index (Phi) is 2.81. The lowest BCUT2D eigenvalue weighted by molar-refractivity contribution is -0.175. The molecule has 0 unspecified atom stereocenters. The molecular formula is C12H18O3. The summed E-state index contributed by atoms with van der Waals surface area (Å²) in [7, 11) is 0. The molecular weight excluding hydrogens is 192 g/mol. The van der Waals surface area contributed by atoms with Crippen LogP contribution in [-0.4, -0.2) is 17.4 Å². The quantitative estimate of drug-likeness (QED) is 0.623. The van der Waals surface area contributed by atoms with E-state index < -0.39 is 5.60 Å². The number of carbonyl (C=O) groups excluding carboxylic acids is 2. The highest BCUT2D eigenvalue weighted by atomic mass is 16.6. The second-order valence-corrected chi connectivity index (χ2v) is 4.86. The summed E-state index contributed by atoms with van der Waals surface area (Å²) in [5.41, 5.74) is -0.431. The molecule has 0 aromatic heterocycles. The number of fused-ring (bicyclic) bond motifs is 1. The molecule has 0 amide bonds. The van der Waals surface area contributed by atoms with Crippen LogP contribution in [0.5, 0.6) is 0 Å². The van der Waals surface area contributed by atoms with Crippen LogP contribution in [0.2, 0.25) is 0 Å². The molecule has 0 saturated heterocycles. The first-order chi connectivity index (χ1) is 7.12. The highest BCUT2D eigenvalue weighted by molar-refractivity contribution is 5.81. The van der Waals surface area contributed by atoms with Crippen molar-refractivity contribution in [3.8, 4) is 0 Å². The fourth-order valence-electron chi connectivity index (χ4n) is 3.14. The molecule has 2 fully saturated rings. The molecule has 2 aliphatic rings. The zero-order valence-corrected chi connectivity index (χ0v) is 9.25. The molecule has 0 heterocycles. The van der Waals surface area contributed by atoms with Crippen molar-refractivity contribution in [3.63, 3.8) is 0 Å². The number of ketones is 1. The smallest absolute Gasteiger partial charge is 0.303 e. The van der Waals surface area contributed by atoms with Crippen LogP contribution in [0.15, 0.2) is 0 Å². The standard InChI is InChI=1S/C12H18O3/c1-9(13)15-12-7-3-2-4-10(12)5-6-11(14)8-12/h10H,2-8H2,1H3/t10-,12+/m0/s1. The number of hydrogen-bond acceptors (Lipinski definition) is 3. The maximum absolute atomic E-state index is 11.5. The van der Waals surface area contributed by atoms with Gasteiger partial charge in [0.2, 0.25) is 0 Å². The summed E-state index contributed by atoms with van der Waals surface area (Å²) in [5, 5.41) is 0. The fourth-order valence-corrected chi connectivity index (χ4v) is 3.14. The first-order valence-corrected chi connectivity index (χ1v) is 5.84. The van der Waals surface area contributed by atoms with Crippen LogP contribution in [0, 0.1) is 5.92 Å². The van der Waals surface area contributed by atoms with E-state index in [0.717, 1.165) is 25.7 Å². The highest BCUT2D eigenvalue weighted by Crippen LogP contribution is 2.45. The van der Waals surface area contributed by atoms with Gasteiger partial charge in [0.15, 0.2) is 0 Å². The number of Topliss-reactive ketones (excluding diaryl/α,β-unsaturated/α-hetero) is 1. The van der Waals surface area contributed by atoms with Gasteiger partial charge in [0, 0.05) is 19.8 Å². The summed E-state index contributed by atoms with van der Waals surface area (Å²) in [6.07, 6.45) is 6.32. The van der Waals surface area contributed by atoms with Crippen LogP contribution in [0.3, 0.4) is 0 Å². The summed E-state index contributed by atoms with van der Waals surface area (Å²) in [6, 6.07) is 0. The van der Waals surface area contributed by atoms with Gasteiger partial charge in [-0.05, 0) is 31.6 Å². The van der Waals surface area contributed by atoms with E-state index in [4.69, 9.17) is 4.74 Å². The SMILES string of the molecule is CC(=O)O[C@@]12CCCC[C@H]1CCC(=O)C2. The third-order valence-corrected chi connectivity index (χ3v) is 3.76. The molecule has 3 heteroatoms. The third kappa shape index (κ3) is 2.06. The van der Waals surface area contributed by atoms with Crippen molar-refractivity contribution in [2.45, 2.75) is 57.5 Å². The van der Waals surface area contributed by atoms with Crippen molar-refractivity contribution in [2.75, 3.05) is 0 Å². The minimum Gasteiger partial charge on any atom is -0.458 e. The van der Waals surface area contributed by atoms with Gasteiger partial charge in [0.1, 0.15) is 11.4 Å².